The van der Waals surface area contributed by atoms with Crippen LogP contribution in [0.4, 0.5) is 0 Å². The first-order valence-electron chi connectivity index (χ1n) is 18.8. The summed E-state index contributed by atoms with van der Waals surface area (Å²) in [5.41, 5.74) is 12.2. The van der Waals surface area contributed by atoms with Gasteiger partial charge in [0.05, 0.1) is 11.0 Å². The van der Waals surface area contributed by atoms with Crippen molar-refractivity contribution in [2.75, 3.05) is 0 Å². The number of hydrogen-bond acceptors (Lipinski definition) is 4. The summed E-state index contributed by atoms with van der Waals surface area (Å²) in [5.74, 6) is 1.75. The summed E-state index contributed by atoms with van der Waals surface area (Å²) >= 11 is 0. The highest BCUT2D eigenvalue weighted by atomic mass is 16.3. The molecule has 11 aromatic rings. The molecule has 0 atom stereocenters. The molecule has 11 rings (SSSR count). The highest BCUT2D eigenvalue weighted by molar-refractivity contribution is 6.14. The van der Waals surface area contributed by atoms with Gasteiger partial charge in [-0.1, -0.05) is 152 Å². The van der Waals surface area contributed by atoms with E-state index in [1.54, 1.807) is 0 Å². The Labute approximate surface area is 322 Å². The van der Waals surface area contributed by atoms with Crippen molar-refractivity contribution in [1.29, 1.82) is 0 Å². The van der Waals surface area contributed by atoms with Crippen molar-refractivity contribution in [3.05, 3.63) is 194 Å². The van der Waals surface area contributed by atoms with Crippen molar-refractivity contribution in [2.45, 2.75) is 0 Å². The minimum Gasteiger partial charge on any atom is -0.456 e. The summed E-state index contributed by atoms with van der Waals surface area (Å²) in [6.07, 6.45) is 0. The molecule has 3 heterocycles. The van der Waals surface area contributed by atoms with E-state index in [1.165, 1.54) is 0 Å². The Balaban J connectivity index is 1.18. The van der Waals surface area contributed by atoms with Gasteiger partial charge in [0.25, 0.3) is 0 Å². The topological polar surface area (TPSA) is 56.7 Å². The monoisotopic (exact) mass is 716 g/mol. The zero-order valence-corrected chi connectivity index (χ0v) is 30.2. The smallest absolute Gasteiger partial charge is 0.238 e. The largest absolute Gasteiger partial charge is 0.456 e. The van der Waals surface area contributed by atoms with Gasteiger partial charge in [-0.25, -0.2) is 4.98 Å². The van der Waals surface area contributed by atoms with Crippen molar-refractivity contribution in [3.8, 4) is 62.1 Å². The van der Waals surface area contributed by atoms with Crippen LogP contribution >= 0.6 is 0 Å². The van der Waals surface area contributed by atoms with E-state index in [0.717, 1.165) is 88.3 Å². The van der Waals surface area contributed by atoms with Crippen molar-refractivity contribution in [2.24, 2.45) is 0 Å². The number of fused-ring (bicyclic) bond motifs is 6. The van der Waals surface area contributed by atoms with Gasteiger partial charge in [-0.2, -0.15) is 9.97 Å². The number of furan rings is 1. The standard InChI is InChI=1S/C51H32N4O/c1-4-15-33(16-5-1)37-29-38(34-17-6-2-7-18-34)31-39(30-37)50-52-49(35-19-8-3-9-20-35)53-51(54-50)55-44-24-12-10-21-41(44)42-28-27-36(32-45(42)55)40-23-14-26-47-48(40)43-22-11-13-25-46(43)56-47/h1-32H. The lowest BCUT2D eigenvalue weighted by molar-refractivity contribution is 0.669. The first kappa shape index (κ1) is 31.9. The zero-order valence-electron chi connectivity index (χ0n) is 30.2. The van der Waals surface area contributed by atoms with E-state index in [0.29, 0.717) is 17.6 Å². The van der Waals surface area contributed by atoms with E-state index in [9.17, 15) is 0 Å². The molecule has 0 saturated carbocycles. The molecule has 262 valence electrons. The van der Waals surface area contributed by atoms with Crippen molar-refractivity contribution >= 4 is 43.7 Å². The average Bonchev–Trinajstić information content (AvgIpc) is 3.83. The lowest BCUT2D eigenvalue weighted by Crippen LogP contribution is -2.06. The number of benzene rings is 8. The Morgan fingerprint density at radius 3 is 1.61 bits per heavy atom. The zero-order chi connectivity index (χ0) is 37.0. The number of para-hydroxylation sites is 2. The van der Waals surface area contributed by atoms with Gasteiger partial charge in [0.1, 0.15) is 11.2 Å². The molecule has 0 amide bonds. The van der Waals surface area contributed by atoms with Crippen LogP contribution in [0.5, 0.6) is 0 Å². The SMILES string of the molecule is c1ccc(-c2cc(-c3ccccc3)cc(-c3nc(-c4ccccc4)nc(-n4c5ccccc5c5ccc(-c6cccc7oc8ccccc8c67)cc54)n3)c2)cc1. The van der Waals surface area contributed by atoms with Crippen molar-refractivity contribution in [3.63, 3.8) is 0 Å². The van der Waals surface area contributed by atoms with Crippen LogP contribution in [0.1, 0.15) is 0 Å². The summed E-state index contributed by atoms with van der Waals surface area (Å²) < 4.78 is 8.49. The fourth-order valence-electron chi connectivity index (χ4n) is 8.03. The van der Waals surface area contributed by atoms with Gasteiger partial charge in [-0.3, -0.25) is 4.57 Å². The first-order valence-corrected chi connectivity index (χ1v) is 18.8. The highest BCUT2D eigenvalue weighted by Crippen LogP contribution is 2.40. The quantitative estimate of drug-likeness (QED) is 0.172. The second-order valence-corrected chi connectivity index (χ2v) is 14.0. The van der Waals surface area contributed by atoms with Gasteiger partial charge in [-0.15, -0.1) is 0 Å². The lowest BCUT2D eigenvalue weighted by atomic mass is 9.96. The highest BCUT2D eigenvalue weighted by Gasteiger charge is 2.20. The van der Waals surface area contributed by atoms with Gasteiger partial charge in [0.2, 0.25) is 5.95 Å². The summed E-state index contributed by atoms with van der Waals surface area (Å²) in [4.78, 5) is 15.8. The number of nitrogens with zero attached hydrogens (tertiary/aromatic N) is 4. The molecular weight excluding hydrogens is 685 g/mol. The maximum Gasteiger partial charge on any atom is 0.238 e. The molecule has 0 radical (unpaired) electrons. The third kappa shape index (κ3) is 5.37. The Morgan fingerprint density at radius 2 is 0.893 bits per heavy atom. The summed E-state index contributed by atoms with van der Waals surface area (Å²) in [6, 6.07) is 67.5. The van der Waals surface area contributed by atoms with E-state index in [-0.39, 0.29) is 0 Å². The molecule has 0 aliphatic carbocycles. The van der Waals surface area contributed by atoms with Crippen LogP contribution in [0.15, 0.2) is 199 Å². The summed E-state index contributed by atoms with van der Waals surface area (Å²) in [7, 11) is 0. The van der Waals surface area contributed by atoms with Crippen LogP contribution < -0.4 is 0 Å². The van der Waals surface area contributed by atoms with Gasteiger partial charge >= 0.3 is 0 Å². The van der Waals surface area contributed by atoms with E-state index in [1.807, 2.05) is 48.5 Å². The molecule has 5 nitrogen and oxygen atoms in total. The maximum absolute atomic E-state index is 6.29. The normalized spacial score (nSPS) is 11.6. The molecule has 0 N–H and O–H groups in total. The van der Waals surface area contributed by atoms with Crippen molar-refractivity contribution in [1.82, 2.24) is 19.5 Å². The lowest BCUT2D eigenvalue weighted by Gasteiger charge is -2.14. The Bertz CT molecular complexity index is 3180. The Hall–Kier alpha value is -7.63. The Kier molecular flexibility index (Phi) is 7.42. The molecule has 0 aliphatic rings. The average molecular weight is 717 g/mol. The first-order chi connectivity index (χ1) is 27.7. The number of hydrogen-bond donors (Lipinski definition) is 0. The fourth-order valence-corrected chi connectivity index (χ4v) is 8.03. The van der Waals surface area contributed by atoms with Crippen LogP contribution in [0.3, 0.4) is 0 Å². The predicted octanol–water partition coefficient (Wildman–Crippen LogP) is 13.2. The van der Waals surface area contributed by atoms with Crippen molar-refractivity contribution < 1.29 is 4.42 Å². The summed E-state index contributed by atoms with van der Waals surface area (Å²) in [5, 5.41) is 4.45. The minimum atomic E-state index is 0.551. The molecule has 0 spiro atoms. The van der Waals surface area contributed by atoms with Crippen LogP contribution in [0.2, 0.25) is 0 Å². The molecule has 0 aliphatic heterocycles. The van der Waals surface area contributed by atoms with E-state index in [2.05, 4.69) is 150 Å². The molecular formula is C51H32N4O. The second-order valence-electron chi connectivity index (χ2n) is 14.0. The molecule has 0 unspecified atom stereocenters. The predicted molar refractivity (Wildman–Crippen MR) is 229 cm³/mol. The van der Waals surface area contributed by atoms with E-state index in [4.69, 9.17) is 19.4 Å². The number of rotatable bonds is 6. The van der Waals surface area contributed by atoms with Crippen LogP contribution in [-0.4, -0.2) is 19.5 Å². The van der Waals surface area contributed by atoms with Crippen LogP contribution in [0, 0.1) is 0 Å². The molecule has 8 aromatic carbocycles. The van der Waals surface area contributed by atoms with Crippen LogP contribution in [0.25, 0.3) is 106 Å². The molecule has 0 bridgehead atoms. The van der Waals surface area contributed by atoms with Crippen LogP contribution in [-0.2, 0) is 0 Å². The third-order valence-electron chi connectivity index (χ3n) is 10.6. The molecule has 3 aromatic heterocycles. The molecule has 5 heteroatoms. The van der Waals surface area contributed by atoms with Gasteiger partial charge in [-0.05, 0) is 75.8 Å². The van der Waals surface area contributed by atoms with Gasteiger partial charge in [0, 0.05) is 32.7 Å². The molecule has 0 fully saturated rings. The Morgan fingerprint density at radius 1 is 0.339 bits per heavy atom. The van der Waals surface area contributed by atoms with Gasteiger partial charge < -0.3 is 4.42 Å². The molecule has 56 heavy (non-hydrogen) atoms. The fraction of sp³-hybridized carbons (Fsp3) is 0. The maximum atomic E-state index is 6.29. The van der Waals surface area contributed by atoms with Gasteiger partial charge in [0.15, 0.2) is 11.6 Å². The minimum absolute atomic E-state index is 0.551. The third-order valence-corrected chi connectivity index (χ3v) is 10.6. The summed E-state index contributed by atoms with van der Waals surface area (Å²) in [6.45, 7) is 0. The molecule has 0 saturated heterocycles. The van der Waals surface area contributed by atoms with E-state index >= 15 is 0 Å². The van der Waals surface area contributed by atoms with E-state index < -0.39 is 0 Å². The number of aromatic nitrogens is 4. The second kappa shape index (κ2) is 13.0.